The van der Waals surface area contributed by atoms with Gasteiger partial charge in [0.05, 0.1) is 23.9 Å². The van der Waals surface area contributed by atoms with Gasteiger partial charge in [0.2, 0.25) is 10.0 Å². The lowest BCUT2D eigenvalue weighted by Gasteiger charge is -2.16. The minimum Gasteiger partial charge on any atom is -0.390 e. The predicted octanol–water partition coefficient (Wildman–Crippen LogP) is 1.81. The number of fused-ring (bicyclic) bond motifs is 1. The molecular formula is C16H17ClN4O3S. The quantitative estimate of drug-likeness (QED) is 0.813. The van der Waals surface area contributed by atoms with Crippen LogP contribution in [-0.2, 0) is 21.9 Å². The molecule has 132 valence electrons. The summed E-state index contributed by atoms with van der Waals surface area (Å²) in [7, 11) is -2.12. The van der Waals surface area contributed by atoms with E-state index in [0.29, 0.717) is 12.2 Å². The minimum atomic E-state index is -3.74. The second kappa shape index (κ2) is 5.82. The summed E-state index contributed by atoms with van der Waals surface area (Å²) in [5.41, 5.74) is 2.13. The van der Waals surface area contributed by atoms with Gasteiger partial charge >= 0.3 is 0 Å². The summed E-state index contributed by atoms with van der Waals surface area (Å²) in [6, 6.07) is 9.67. The molecule has 1 aromatic heterocycles. The maximum atomic E-state index is 13.1. The molecule has 0 spiro atoms. The van der Waals surface area contributed by atoms with Crippen LogP contribution in [0.15, 0.2) is 40.4 Å². The highest BCUT2D eigenvalue weighted by atomic mass is 35.5. The van der Waals surface area contributed by atoms with Crippen molar-refractivity contribution in [3.8, 4) is 0 Å². The van der Waals surface area contributed by atoms with Gasteiger partial charge in [-0.1, -0.05) is 47.1 Å². The molecule has 0 amide bonds. The number of aromatic nitrogens is 2. The van der Waals surface area contributed by atoms with Crippen molar-refractivity contribution in [2.75, 3.05) is 13.1 Å². The van der Waals surface area contributed by atoms with Crippen molar-refractivity contribution in [3.63, 3.8) is 0 Å². The molecule has 9 heteroatoms. The normalized spacial score (nSPS) is 23.4. The highest BCUT2D eigenvalue weighted by Crippen LogP contribution is 2.35. The first-order valence-electron chi connectivity index (χ1n) is 7.88. The molecule has 0 bridgehead atoms. The average Bonchev–Trinajstić information content (AvgIpc) is 3.22. The fourth-order valence-corrected chi connectivity index (χ4v) is 5.59. The Bertz CT molecular complexity index is 955. The number of halogens is 1. The number of sulfonamides is 1. The Labute approximate surface area is 150 Å². The van der Waals surface area contributed by atoms with Gasteiger partial charge in [0.15, 0.2) is 6.10 Å². The van der Waals surface area contributed by atoms with Gasteiger partial charge < -0.3 is 4.84 Å². The lowest BCUT2D eigenvalue weighted by atomic mass is 9.95. The molecule has 1 aromatic carbocycles. The first kappa shape index (κ1) is 16.6. The monoisotopic (exact) mass is 380 g/mol. The molecule has 3 heterocycles. The highest BCUT2D eigenvalue weighted by molar-refractivity contribution is 7.89. The minimum absolute atomic E-state index is 0.0647. The number of aryl methyl sites for hydroxylation is 2. The standard InChI is InChI=1S/C16H17ClN4O3S/c1-10-15(16(17)20(2)18-10)25(22,23)21-8-12-13(9-21)24-19-14(12)11-6-4-3-5-7-11/h3-7,12-13H,8-9H2,1-2H3. The zero-order valence-electron chi connectivity index (χ0n) is 13.8. The van der Waals surface area contributed by atoms with Crippen LogP contribution in [0.2, 0.25) is 5.15 Å². The molecule has 1 saturated heterocycles. The van der Waals surface area contributed by atoms with Crippen LogP contribution >= 0.6 is 11.6 Å². The van der Waals surface area contributed by atoms with Crippen molar-refractivity contribution < 1.29 is 13.3 Å². The van der Waals surface area contributed by atoms with Crippen molar-refractivity contribution in [1.29, 1.82) is 0 Å². The second-order valence-corrected chi connectivity index (χ2v) is 8.48. The largest absolute Gasteiger partial charge is 0.390 e. The van der Waals surface area contributed by atoms with Crippen LogP contribution in [0.3, 0.4) is 0 Å². The van der Waals surface area contributed by atoms with Gasteiger partial charge in [0.25, 0.3) is 0 Å². The summed E-state index contributed by atoms with van der Waals surface area (Å²) in [6.07, 6.45) is -0.277. The number of oxime groups is 1. The third-order valence-electron chi connectivity index (χ3n) is 4.64. The Balaban J connectivity index is 1.64. The van der Waals surface area contributed by atoms with Crippen LogP contribution in [0, 0.1) is 12.8 Å². The van der Waals surface area contributed by atoms with Crippen molar-refractivity contribution in [3.05, 3.63) is 46.7 Å². The Kier molecular flexibility index (Phi) is 3.86. The van der Waals surface area contributed by atoms with Crippen LogP contribution in [0.1, 0.15) is 11.3 Å². The molecular weight excluding hydrogens is 364 g/mol. The van der Waals surface area contributed by atoms with E-state index in [1.54, 1.807) is 14.0 Å². The van der Waals surface area contributed by atoms with Gasteiger partial charge in [0, 0.05) is 13.6 Å². The summed E-state index contributed by atoms with van der Waals surface area (Å²) in [5, 5.41) is 8.40. The maximum Gasteiger partial charge on any atom is 0.248 e. The Morgan fingerprint density at radius 1 is 1.24 bits per heavy atom. The van der Waals surface area contributed by atoms with Crippen molar-refractivity contribution in [2.24, 2.45) is 18.1 Å². The summed E-state index contributed by atoms with van der Waals surface area (Å²) in [6.45, 7) is 2.20. The predicted molar refractivity (Wildman–Crippen MR) is 93.1 cm³/mol. The van der Waals surface area contributed by atoms with Crippen molar-refractivity contribution in [2.45, 2.75) is 17.9 Å². The van der Waals surface area contributed by atoms with Crippen LogP contribution in [0.5, 0.6) is 0 Å². The smallest absolute Gasteiger partial charge is 0.248 e. The lowest BCUT2D eigenvalue weighted by molar-refractivity contribution is 0.0803. The highest BCUT2D eigenvalue weighted by Gasteiger charge is 2.47. The molecule has 2 aliphatic rings. The van der Waals surface area contributed by atoms with Crippen LogP contribution in [-0.4, -0.2) is 47.4 Å². The van der Waals surface area contributed by atoms with E-state index in [1.165, 1.54) is 8.99 Å². The fraction of sp³-hybridized carbons (Fsp3) is 0.375. The number of hydrogen-bond acceptors (Lipinski definition) is 5. The topological polar surface area (TPSA) is 76.8 Å². The molecule has 0 radical (unpaired) electrons. The summed E-state index contributed by atoms with van der Waals surface area (Å²) in [5.74, 6) is -0.0899. The van der Waals surface area contributed by atoms with E-state index in [2.05, 4.69) is 10.3 Å². The van der Waals surface area contributed by atoms with Gasteiger partial charge in [-0.3, -0.25) is 4.68 Å². The van der Waals surface area contributed by atoms with E-state index in [9.17, 15) is 8.42 Å². The van der Waals surface area contributed by atoms with E-state index in [0.717, 1.165) is 11.3 Å². The van der Waals surface area contributed by atoms with E-state index in [-0.39, 0.29) is 28.6 Å². The molecule has 2 aliphatic heterocycles. The van der Waals surface area contributed by atoms with Crippen molar-refractivity contribution >= 4 is 27.3 Å². The fourth-order valence-electron chi connectivity index (χ4n) is 3.41. The molecule has 0 aliphatic carbocycles. The zero-order valence-corrected chi connectivity index (χ0v) is 15.3. The van der Waals surface area contributed by atoms with E-state index < -0.39 is 10.0 Å². The van der Waals surface area contributed by atoms with Crippen molar-refractivity contribution in [1.82, 2.24) is 14.1 Å². The Morgan fingerprint density at radius 2 is 1.96 bits per heavy atom. The lowest BCUT2D eigenvalue weighted by Crippen LogP contribution is -2.31. The molecule has 0 saturated carbocycles. The first-order chi connectivity index (χ1) is 11.9. The third kappa shape index (κ3) is 2.56. The second-order valence-electron chi connectivity index (χ2n) is 6.24. The molecule has 0 N–H and O–H groups in total. The maximum absolute atomic E-state index is 13.1. The first-order valence-corrected chi connectivity index (χ1v) is 9.69. The Morgan fingerprint density at radius 3 is 2.60 bits per heavy atom. The van der Waals surface area contributed by atoms with Gasteiger partial charge in [-0.2, -0.15) is 9.40 Å². The van der Waals surface area contributed by atoms with Gasteiger partial charge in [-0.05, 0) is 12.5 Å². The van der Waals surface area contributed by atoms with Crippen LogP contribution in [0.4, 0.5) is 0 Å². The number of rotatable bonds is 3. The number of hydrogen-bond donors (Lipinski definition) is 0. The molecule has 7 nitrogen and oxygen atoms in total. The molecule has 25 heavy (non-hydrogen) atoms. The molecule has 4 rings (SSSR count). The van der Waals surface area contributed by atoms with Gasteiger partial charge in [-0.25, -0.2) is 8.42 Å². The number of nitrogens with zero attached hydrogens (tertiary/aromatic N) is 4. The summed E-state index contributed by atoms with van der Waals surface area (Å²) >= 11 is 6.16. The average molecular weight is 381 g/mol. The van der Waals surface area contributed by atoms with E-state index in [1.807, 2.05) is 30.3 Å². The molecule has 2 aromatic rings. The van der Waals surface area contributed by atoms with E-state index >= 15 is 0 Å². The zero-order chi connectivity index (χ0) is 17.8. The van der Waals surface area contributed by atoms with Gasteiger partial charge in [0.1, 0.15) is 10.0 Å². The van der Waals surface area contributed by atoms with Gasteiger partial charge in [-0.15, -0.1) is 0 Å². The van der Waals surface area contributed by atoms with Crippen LogP contribution in [0.25, 0.3) is 0 Å². The molecule has 2 atom stereocenters. The SMILES string of the molecule is Cc1nn(C)c(Cl)c1S(=O)(=O)N1CC2ON=C(c3ccccc3)C2C1. The Hall–Kier alpha value is -1.90. The number of benzene rings is 1. The van der Waals surface area contributed by atoms with E-state index in [4.69, 9.17) is 16.4 Å². The molecule has 1 fully saturated rings. The van der Waals surface area contributed by atoms with Crippen LogP contribution < -0.4 is 0 Å². The third-order valence-corrected chi connectivity index (χ3v) is 7.17. The summed E-state index contributed by atoms with van der Waals surface area (Å²) in [4.78, 5) is 5.56. The summed E-state index contributed by atoms with van der Waals surface area (Å²) < 4.78 is 28.9. The molecule has 2 unspecified atom stereocenters.